The highest BCUT2D eigenvalue weighted by atomic mass is 16.3. The van der Waals surface area contributed by atoms with Crippen molar-refractivity contribution >= 4 is 5.78 Å². The van der Waals surface area contributed by atoms with Gasteiger partial charge in [0.25, 0.3) is 0 Å². The van der Waals surface area contributed by atoms with Crippen LogP contribution in [-0.4, -0.2) is 16.5 Å². The van der Waals surface area contributed by atoms with Crippen LogP contribution in [0.5, 0.6) is 0 Å². The summed E-state index contributed by atoms with van der Waals surface area (Å²) in [5.74, 6) is 1.11. The number of carbonyl (C=O) groups excluding carboxylic acids is 1. The van der Waals surface area contributed by atoms with Crippen LogP contribution in [0.15, 0.2) is 12.2 Å². The minimum Gasteiger partial charge on any atom is -0.386 e. The number of carbonyl (C=O) groups is 1. The Balaban J connectivity index is 4.29. The van der Waals surface area contributed by atoms with Gasteiger partial charge in [-0.2, -0.15) is 0 Å². The normalized spacial score (nSPS) is 14.9. The van der Waals surface area contributed by atoms with Crippen LogP contribution >= 0.6 is 0 Å². The molecule has 15 heavy (non-hydrogen) atoms. The van der Waals surface area contributed by atoms with Crippen molar-refractivity contribution in [3.63, 3.8) is 0 Å². The van der Waals surface area contributed by atoms with E-state index in [0.717, 1.165) is 6.42 Å². The zero-order valence-electron chi connectivity index (χ0n) is 10.6. The van der Waals surface area contributed by atoms with Gasteiger partial charge in [-0.15, -0.1) is 0 Å². The fourth-order valence-corrected chi connectivity index (χ4v) is 1.38. The molecular formula is C13H24O2. The molecular weight excluding hydrogens is 188 g/mol. The largest absolute Gasteiger partial charge is 0.386 e. The summed E-state index contributed by atoms with van der Waals surface area (Å²) in [5.41, 5.74) is -0.761. The summed E-state index contributed by atoms with van der Waals surface area (Å²) in [7, 11) is 0. The molecule has 0 saturated carbocycles. The van der Waals surface area contributed by atoms with Gasteiger partial charge in [0, 0.05) is 6.42 Å². The Hall–Kier alpha value is -0.630. The van der Waals surface area contributed by atoms with E-state index in [0.29, 0.717) is 18.3 Å². The van der Waals surface area contributed by atoms with Crippen LogP contribution in [0.2, 0.25) is 0 Å². The Kier molecular flexibility index (Phi) is 5.81. The number of hydrogen-bond donors (Lipinski definition) is 1. The second-order valence-electron chi connectivity index (χ2n) is 5.16. The van der Waals surface area contributed by atoms with Crippen molar-refractivity contribution < 1.29 is 9.90 Å². The topological polar surface area (TPSA) is 37.3 Å². The van der Waals surface area contributed by atoms with Crippen molar-refractivity contribution in [3.8, 4) is 0 Å². The molecule has 88 valence electrons. The highest BCUT2D eigenvalue weighted by molar-refractivity contribution is 5.75. The molecule has 1 atom stereocenters. The van der Waals surface area contributed by atoms with E-state index in [9.17, 15) is 9.90 Å². The lowest BCUT2D eigenvalue weighted by Crippen LogP contribution is -2.16. The average Bonchev–Trinajstić information content (AvgIpc) is 2.00. The van der Waals surface area contributed by atoms with Crippen molar-refractivity contribution in [1.82, 2.24) is 0 Å². The van der Waals surface area contributed by atoms with E-state index in [-0.39, 0.29) is 5.78 Å². The van der Waals surface area contributed by atoms with Crippen LogP contribution in [-0.2, 0) is 4.79 Å². The molecule has 0 unspecified atom stereocenters. The number of rotatable bonds is 6. The molecule has 0 aliphatic heterocycles. The van der Waals surface area contributed by atoms with Crippen molar-refractivity contribution in [1.29, 1.82) is 0 Å². The van der Waals surface area contributed by atoms with Crippen molar-refractivity contribution in [2.75, 3.05) is 0 Å². The van der Waals surface area contributed by atoms with E-state index in [1.54, 1.807) is 20.8 Å². The molecule has 0 fully saturated rings. The van der Waals surface area contributed by atoms with Crippen LogP contribution in [0.3, 0.4) is 0 Å². The molecule has 1 N–H and O–H groups in total. The molecule has 0 saturated heterocycles. The van der Waals surface area contributed by atoms with E-state index < -0.39 is 5.60 Å². The smallest absolute Gasteiger partial charge is 0.129 e. The Morgan fingerprint density at radius 1 is 1.40 bits per heavy atom. The van der Waals surface area contributed by atoms with E-state index in [4.69, 9.17) is 0 Å². The fourth-order valence-electron chi connectivity index (χ4n) is 1.38. The second kappa shape index (κ2) is 6.06. The second-order valence-corrected chi connectivity index (χ2v) is 5.16. The van der Waals surface area contributed by atoms with Crippen molar-refractivity contribution in [3.05, 3.63) is 12.2 Å². The van der Waals surface area contributed by atoms with Gasteiger partial charge < -0.3 is 9.90 Å². The van der Waals surface area contributed by atoms with Crippen molar-refractivity contribution in [2.45, 2.75) is 53.1 Å². The molecule has 2 heteroatoms. The van der Waals surface area contributed by atoms with Gasteiger partial charge in [-0.1, -0.05) is 26.0 Å². The number of allylic oxidation sites excluding steroid dienone is 1. The van der Waals surface area contributed by atoms with Gasteiger partial charge in [-0.05, 0) is 39.0 Å². The first-order chi connectivity index (χ1) is 6.72. The standard InChI is InChI=1S/C13H24O2/c1-10(2)12(7-6-11(3)14)8-9-13(4,5)15/h8-10,12,15H,6-7H2,1-5H3/t12-/m0/s1. The summed E-state index contributed by atoms with van der Waals surface area (Å²) in [6.07, 6.45) is 5.35. The molecule has 0 rings (SSSR count). The summed E-state index contributed by atoms with van der Waals surface area (Å²) in [4.78, 5) is 10.9. The summed E-state index contributed by atoms with van der Waals surface area (Å²) in [5, 5.41) is 9.57. The summed E-state index contributed by atoms with van der Waals surface area (Å²) in [6.45, 7) is 9.41. The minimum absolute atomic E-state index is 0.234. The first-order valence-electron chi connectivity index (χ1n) is 5.63. The Bertz CT molecular complexity index is 221. The van der Waals surface area contributed by atoms with E-state index in [1.165, 1.54) is 0 Å². The fraction of sp³-hybridized carbons (Fsp3) is 0.769. The van der Waals surface area contributed by atoms with Gasteiger partial charge >= 0.3 is 0 Å². The Morgan fingerprint density at radius 2 is 1.93 bits per heavy atom. The highest BCUT2D eigenvalue weighted by Gasteiger charge is 2.13. The van der Waals surface area contributed by atoms with E-state index >= 15 is 0 Å². The summed E-state index contributed by atoms with van der Waals surface area (Å²) < 4.78 is 0. The lowest BCUT2D eigenvalue weighted by Gasteiger charge is -2.18. The van der Waals surface area contributed by atoms with Gasteiger partial charge in [0.05, 0.1) is 5.60 Å². The molecule has 0 aromatic rings. The van der Waals surface area contributed by atoms with Gasteiger partial charge in [0.2, 0.25) is 0 Å². The predicted octanol–water partition coefficient (Wildman–Crippen LogP) is 2.95. The molecule has 0 spiro atoms. The molecule has 0 aliphatic rings. The predicted molar refractivity (Wildman–Crippen MR) is 63.7 cm³/mol. The number of hydrogen-bond acceptors (Lipinski definition) is 2. The molecule has 0 aliphatic carbocycles. The first-order valence-corrected chi connectivity index (χ1v) is 5.63. The van der Waals surface area contributed by atoms with Crippen LogP contribution in [0.1, 0.15) is 47.5 Å². The van der Waals surface area contributed by atoms with Crippen LogP contribution in [0.4, 0.5) is 0 Å². The molecule has 0 aromatic heterocycles. The molecule has 0 amide bonds. The van der Waals surface area contributed by atoms with Gasteiger partial charge in [0.1, 0.15) is 5.78 Å². The zero-order valence-corrected chi connectivity index (χ0v) is 10.6. The number of Topliss-reactive ketones (excluding diaryl/α,β-unsaturated/α-hetero) is 1. The molecule has 0 heterocycles. The lowest BCUT2D eigenvalue weighted by atomic mass is 9.89. The van der Waals surface area contributed by atoms with Gasteiger partial charge in [0.15, 0.2) is 0 Å². The third-order valence-corrected chi connectivity index (χ3v) is 2.44. The number of aliphatic hydroxyl groups is 1. The highest BCUT2D eigenvalue weighted by Crippen LogP contribution is 2.20. The zero-order chi connectivity index (χ0) is 12.1. The third-order valence-electron chi connectivity index (χ3n) is 2.44. The van der Waals surface area contributed by atoms with Crippen LogP contribution < -0.4 is 0 Å². The first kappa shape index (κ1) is 14.4. The Labute approximate surface area is 93.4 Å². The molecule has 0 bridgehead atoms. The van der Waals surface area contributed by atoms with Crippen LogP contribution in [0.25, 0.3) is 0 Å². The van der Waals surface area contributed by atoms with Gasteiger partial charge in [-0.25, -0.2) is 0 Å². The molecule has 0 aromatic carbocycles. The maximum Gasteiger partial charge on any atom is 0.129 e. The maximum atomic E-state index is 10.9. The van der Waals surface area contributed by atoms with E-state index in [2.05, 4.69) is 13.8 Å². The quantitative estimate of drug-likeness (QED) is 0.687. The van der Waals surface area contributed by atoms with Gasteiger partial charge in [-0.3, -0.25) is 0 Å². The minimum atomic E-state index is -0.761. The molecule has 0 radical (unpaired) electrons. The van der Waals surface area contributed by atoms with Crippen LogP contribution in [0, 0.1) is 11.8 Å². The van der Waals surface area contributed by atoms with E-state index in [1.807, 2.05) is 12.2 Å². The number of ketones is 1. The summed E-state index contributed by atoms with van der Waals surface area (Å²) >= 11 is 0. The third kappa shape index (κ3) is 8.37. The maximum absolute atomic E-state index is 10.9. The average molecular weight is 212 g/mol. The monoisotopic (exact) mass is 212 g/mol. The lowest BCUT2D eigenvalue weighted by molar-refractivity contribution is -0.117. The SMILES string of the molecule is CC(=O)CC[C@@H](C=CC(C)(C)O)C(C)C. The molecule has 2 nitrogen and oxygen atoms in total. The summed E-state index contributed by atoms with van der Waals surface area (Å²) in [6, 6.07) is 0. The Morgan fingerprint density at radius 3 is 2.27 bits per heavy atom. The van der Waals surface area contributed by atoms with Crippen molar-refractivity contribution in [2.24, 2.45) is 11.8 Å².